The zero-order valence-corrected chi connectivity index (χ0v) is 16.0. The number of amides is 1. The molecule has 0 aliphatic rings. The van der Waals surface area contributed by atoms with Crippen LogP contribution in [-0.4, -0.2) is 22.2 Å². The lowest BCUT2D eigenvalue weighted by Gasteiger charge is -2.09. The van der Waals surface area contributed by atoms with Gasteiger partial charge in [0.1, 0.15) is 22.2 Å². The van der Waals surface area contributed by atoms with E-state index in [4.69, 9.17) is 9.26 Å². The molecule has 0 unspecified atom stereocenters. The van der Waals surface area contributed by atoms with Crippen LogP contribution in [0.5, 0.6) is 5.75 Å². The molecule has 2 heterocycles. The van der Waals surface area contributed by atoms with Gasteiger partial charge in [0.2, 0.25) is 0 Å². The first kappa shape index (κ1) is 18.1. The fourth-order valence-corrected chi connectivity index (χ4v) is 3.28. The standard InChI is InChI=1S/C19H21N3O3S/c1-11(2)24-15-7-5-14(6-8-15)19-21-17(10-26-19)18(23)20-9-16-12(3)22-25-13(16)4/h5-8,10-11H,9H2,1-4H3,(H,20,23). The minimum Gasteiger partial charge on any atom is -0.491 e. The summed E-state index contributed by atoms with van der Waals surface area (Å²) >= 11 is 1.44. The first-order valence-electron chi connectivity index (χ1n) is 8.36. The van der Waals surface area contributed by atoms with Gasteiger partial charge in [-0.3, -0.25) is 4.79 Å². The number of thiazole rings is 1. The smallest absolute Gasteiger partial charge is 0.271 e. The number of carbonyl (C=O) groups excluding carboxylic acids is 1. The Morgan fingerprint density at radius 2 is 2.00 bits per heavy atom. The lowest BCUT2D eigenvalue weighted by molar-refractivity contribution is 0.0946. The first-order valence-corrected chi connectivity index (χ1v) is 9.24. The number of ether oxygens (including phenoxy) is 1. The number of benzene rings is 1. The van der Waals surface area contributed by atoms with Crippen LogP contribution >= 0.6 is 11.3 Å². The molecule has 6 nitrogen and oxygen atoms in total. The fourth-order valence-electron chi connectivity index (χ4n) is 2.47. The second kappa shape index (κ2) is 7.70. The number of nitrogens with one attached hydrogen (secondary N) is 1. The molecule has 0 aliphatic carbocycles. The molecule has 0 bridgehead atoms. The van der Waals surface area contributed by atoms with Gasteiger partial charge in [-0.05, 0) is 52.0 Å². The highest BCUT2D eigenvalue weighted by molar-refractivity contribution is 7.13. The summed E-state index contributed by atoms with van der Waals surface area (Å²) in [5, 5.41) is 9.30. The van der Waals surface area contributed by atoms with Gasteiger partial charge in [-0.2, -0.15) is 0 Å². The second-order valence-corrected chi connectivity index (χ2v) is 7.07. The van der Waals surface area contributed by atoms with Gasteiger partial charge in [0.15, 0.2) is 0 Å². The van der Waals surface area contributed by atoms with Crippen molar-refractivity contribution in [3.8, 4) is 16.3 Å². The molecule has 0 radical (unpaired) electrons. The number of aryl methyl sites for hydroxylation is 2. The molecule has 0 atom stereocenters. The van der Waals surface area contributed by atoms with Crippen LogP contribution in [-0.2, 0) is 6.54 Å². The van der Waals surface area contributed by atoms with Crippen molar-refractivity contribution in [2.24, 2.45) is 0 Å². The first-order chi connectivity index (χ1) is 12.4. The summed E-state index contributed by atoms with van der Waals surface area (Å²) in [6, 6.07) is 7.71. The molecule has 0 fully saturated rings. The minimum atomic E-state index is -0.215. The highest BCUT2D eigenvalue weighted by Crippen LogP contribution is 2.26. The Balaban J connectivity index is 1.66. The summed E-state index contributed by atoms with van der Waals surface area (Å²) in [4.78, 5) is 16.8. The zero-order chi connectivity index (χ0) is 18.7. The van der Waals surface area contributed by atoms with Crippen molar-refractivity contribution in [3.63, 3.8) is 0 Å². The van der Waals surface area contributed by atoms with E-state index in [-0.39, 0.29) is 12.0 Å². The van der Waals surface area contributed by atoms with Crippen LogP contribution in [0.25, 0.3) is 10.6 Å². The summed E-state index contributed by atoms with van der Waals surface area (Å²) in [6.07, 6.45) is 0.133. The van der Waals surface area contributed by atoms with E-state index in [1.54, 1.807) is 5.38 Å². The molecule has 7 heteroatoms. The Labute approximate surface area is 156 Å². The van der Waals surface area contributed by atoms with E-state index in [9.17, 15) is 4.79 Å². The number of hydrogen-bond acceptors (Lipinski definition) is 6. The summed E-state index contributed by atoms with van der Waals surface area (Å²) in [7, 11) is 0. The van der Waals surface area contributed by atoms with Gasteiger partial charge in [0.05, 0.1) is 11.8 Å². The number of aromatic nitrogens is 2. The normalized spacial score (nSPS) is 11.0. The van der Waals surface area contributed by atoms with E-state index in [1.807, 2.05) is 52.0 Å². The molecule has 1 N–H and O–H groups in total. The highest BCUT2D eigenvalue weighted by Gasteiger charge is 2.14. The summed E-state index contributed by atoms with van der Waals surface area (Å²) in [6.45, 7) is 8.03. The molecule has 0 saturated carbocycles. The third-order valence-electron chi connectivity index (χ3n) is 3.82. The number of hydrogen-bond donors (Lipinski definition) is 1. The quantitative estimate of drug-likeness (QED) is 0.705. The lowest BCUT2D eigenvalue weighted by atomic mass is 10.2. The molecule has 0 spiro atoms. The highest BCUT2D eigenvalue weighted by atomic mass is 32.1. The van der Waals surface area contributed by atoms with Gasteiger partial charge in [-0.15, -0.1) is 11.3 Å². The molecule has 3 aromatic rings. The van der Waals surface area contributed by atoms with Gasteiger partial charge in [0, 0.05) is 23.1 Å². The van der Waals surface area contributed by atoms with Crippen LogP contribution in [0.3, 0.4) is 0 Å². The predicted molar refractivity (Wildman–Crippen MR) is 100 cm³/mol. The maximum atomic E-state index is 12.3. The minimum absolute atomic E-state index is 0.133. The molecule has 1 aromatic carbocycles. The fraction of sp³-hybridized carbons (Fsp3) is 0.316. The van der Waals surface area contributed by atoms with Crippen molar-refractivity contribution >= 4 is 17.2 Å². The third kappa shape index (κ3) is 4.11. The molecule has 136 valence electrons. The molecule has 2 aromatic heterocycles. The third-order valence-corrected chi connectivity index (χ3v) is 4.71. The van der Waals surface area contributed by atoms with E-state index in [1.165, 1.54) is 11.3 Å². The monoisotopic (exact) mass is 371 g/mol. The van der Waals surface area contributed by atoms with Crippen molar-refractivity contribution in [3.05, 3.63) is 52.4 Å². The maximum absolute atomic E-state index is 12.3. The Kier molecular flexibility index (Phi) is 5.37. The molecule has 1 amide bonds. The maximum Gasteiger partial charge on any atom is 0.271 e. The van der Waals surface area contributed by atoms with Gasteiger partial charge in [-0.1, -0.05) is 5.16 Å². The van der Waals surface area contributed by atoms with E-state index < -0.39 is 0 Å². The Morgan fingerprint density at radius 1 is 1.27 bits per heavy atom. The Morgan fingerprint density at radius 3 is 2.62 bits per heavy atom. The van der Waals surface area contributed by atoms with Gasteiger partial charge in [-0.25, -0.2) is 4.98 Å². The van der Waals surface area contributed by atoms with Crippen molar-refractivity contribution < 1.29 is 14.1 Å². The molecular weight excluding hydrogens is 350 g/mol. The van der Waals surface area contributed by atoms with Gasteiger partial charge in [0.25, 0.3) is 5.91 Å². The number of rotatable bonds is 6. The van der Waals surface area contributed by atoms with Crippen LogP contribution in [0, 0.1) is 13.8 Å². The molecule has 3 rings (SSSR count). The molecule has 0 saturated heterocycles. The van der Waals surface area contributed by atoms with E-state index in [2.05, 4.69) is 15.5 Å². The van der Waals surface area contributed by atoms with E-state index >= 15 is 0 Å². The van der Waals surface area contributed by atoms with Crippen molar-refractivity contribution in [2.45, 2.75) is 40.3 Å². The van der Waals surface area contributed by atoms with Crippen LogP contribution in [0.15, 0.2) is 34.2 Å². The molecular formula is C19H21N3O3S. The van der Waals surface area contributed by atoms with Crippen molar-refractivity contribution in [2.75, 3.05) is 0 Å². The zero-order valence-electron chi connectivity index (χ0n) is 15.2. The Hall–Kier alpha value is -2.67. The topological polar surface area (TPSA) is 77.2 Å². The molecule has 26 heavy (non-hydrogen) atoms. The second-order valence-electron chi connectivity index (χ2n) is 6.21. The van der Waals surface area contributed by atoms with Crippen LogP contribution in [0.4, 0.5) is 0 Å². The van der Waals surface area contributed by atoms with Gasteiger partial charge < -0.3 is 14.6 Å². The van der Waals surface area contributed by atoms with Crippen LogP contribution in [0.1, 0.15) is 41.4 Å². The average molecular weight is 371 g/mol. The largest absolute Gasteiger partial charge is 0.491 e. The lowest BCUT2D eigenvalue weighted by Crippen LogP contribution is -2.23. The summed E-state index contributed by atoms with van der Waals surface area (Å²) in [5.41, 5.74) is 3.04. The summed E-state index contributed by atoms with van der Waals surface area (Å²) in [5.74, 6) is 1.32. The van der Waals surface area contributed by atoms with Crippen LogP contribution < -0.4 is 10.1 Å². The molecule has 0 aliphatic heterocycles. The summed E-state index contributed by atoms with van der Waals surface area (Å²) < 4.78 is 10.7. The van der Waals surface area contributed by atoms with Crippen molar-refractivity contribution in [1.82, 2.24) is 15.5 Å². The number of nitrogens with zero attached hydrogens (tertiary/aromatic N) is 2. The van der Waals surface area contributed by atoms with Crippen molar-refractivity contribution in [1.29, 1.82) is 0 Å². The SMILES string of the molecule is Cc1noc(C)c1CNC(=O)c1csc(-c2ccc(OC(C)C)cc2)n1. The Bertz CT molecular complexity index is 878. The average Bonchev–Trinajstić information content (AvgIpc) is 3.21. The predicted octanol–water partition coefficient (Wildman–Crippen LogP) is 4.13. The van der Waals surface area contributed by atoms with Gasteiger partial charge >= 0.3 is 0 Å². The van der Waals surface area contributed by atoms with E-state index in [0.29, 0.717) is 18.0 Å². The van der Waals surface area contributed by atoms with E-state index in [0.717, 1.165) is 27.6 Å². The number of carbonyl (C=O) groups is 1. The van der Waals surface area contributed by atoms with Crippen LogP contribution in [0.2, 0.25) is 0 Å².